The van der Waals surface area contributed by atoms with Crippen molar-refractivity contribution in [3.63, 3.8) is 0 Å². The summed E-state index contributed by atoms with van der Waals surface area (Å²) in [6, 6.07) is 6.65. The van der Waals surface area contributed by atoms with Crippen LogP contribution in [0.1, 0.15) is 34.5 Å². The van der Waals surface area contributed by atoms with Crippen LogP contribution >= 0.6 is 22.9 Å². The second kappa shape index (κ2) is 8.91. The number of carbonyl (C=O) groups is 1. The van der Waals surface area contributed by atoms with Gasteiger partial charge in [0.05, 0.1) is 23.1 Å². The Bertz CT molecular complexity index is 1300. The summed E-state index contributed by atoms with van der Waals surface area (Å²) >= 11 is 7.30. The fraction of sp³-hybridized carbons (Fsp3) is 0.238. The molecule has 8 nitrogen and oxygen atoms in total. The van der Waals surface area contributed by atoms with Gasteiger partial charge < -0.3 is 9.88 Å². The average molecular weight is 455 g/mol. The fourth-order valence-electron chi connectivity index (χ4n) is 3.18. The number of thiazole rings is 1. The van der Waals surface area contributed by atoms with Crippen LogP contribution in [0.4, 0.5) is 0 Å². The number of benzene rings is 1. The molecule has 0 aliphatic heterocycles. The Morgan fingerprint density at radius 2 is 2.00 bits per heavy atom. The van der Waals surface area contributed by atoms with E-state index in [4.69, 9.17) is 11.6 Å². The van der Waals surface area contributed by atoms with Crippen LogP contribution in [0, 0.1) is 6.92 Å². The molecule has 1 aromatic carbocycles. The van der Waals surface area contributed by atoms with E-state index in [1.807, 2.05) is 6.92 Å². The van der Waals surface area contributed by atoms with Crippen molar-refractivity contribution in [2.24, 2.45) is 0 Å². The number of hydrogen-bond donors (Lipinski definition) is 1. The number of carbonyl (C=O) groups excluding carboxylic acids is 1. The molecule has 10 heteroatoms. The summed E-state index contributed by atoms with van der Waals surface area (Å²) in [5.41, 5.74) is 0.844. The highest BCUT2D eigenvalue weighted by Crippen LogP contribution is 2.27. The minimum Gasteiger partial charge on any atom is -0.330 e. The van der Waals surface area contributed by atoms with Crippen LogP contribution in [0.15, 0.2) is 41.5 Å². The van der Waals surface area contributed by atoms with Crippen molar-refractivity contribution >= 4 is 39.7 Å². The van der Waals surface area contributed by atoms with Crippen molar-refractivity contribution in [2.75, 3.05) is 6.54 Å². The lowest BCUT2D eigenvalue weighted by atomic mass is 10.2. The molecular weight excluding hydrogens is 436 g/mol. The molecular formula is C21H19ClN6O2S. The van der Waals surface area contributed by atoms with Gasteiger partial charge in [0.1, 0.15) is 10.7 Å². The van der Waals surface area contributed by atoms with Crippen LogP contribution in [-0.4, -0.2) is 42.3 Å². The van der Waals surface area contributed by atoms with Crippen molar-refractivity contribution < 1.29 is 4.79 Å². The number of hydrogen-bond acceptors (Lipinski definition) is 7. The summed E-state index contributed by atoms with van der Waals surface area (Å²) < 4.78 is 0. The van der Waals surface area contributed by atoms with E-state index < -0.39 is 0 Å². The standard InChI is InChI=1S/C21H19ClN6O2S/c1-3-9-28(11-16-26-15-10-13(22)5-6-14(15)19(29)27-16)21(30)17-12(2)25-20(31-17)18-23-7-4-8-24-18/h4-8,10H,3,9,11H2,1-2H3,(H,26,27,29). The zero-order valence-corrected chi connectivity index (χ0v) is 18.5. The molecule has 1 N–H and O–H groups in total. The van der Waals surface area contributed by atoms with Crippen molar-refractivity contribution in [1.82, 2.24) is 29.8 Å². The van der Waals surface area contributed by atoms with Crippen molar-refractivity contribution in [3.8, 4) is 10.8 Å². The number of amides is 1. The molecule has 0 fully saturated rings. The second-order valence-electron chi connectivity index (χ2n) is 6.91. The van der Waals surface area contributed by atoms with Gasteiger partial charge in [0, 0.05) is 24.0 Å². The third-order valence-corrected chi connectivity index (χ3v) is 5.96. The highest BCUT2D eigenvalue weighted by Gasteiger charge is 2.23. The van der Waals surface area contributed by atoms with Crippen LogP contribution < -0.4 is 5.56 Å². The number of nitrogens with zero attached hydrogens (tertiary/aromatic N) is 5. The predicted molar refractivity (Wildman–Crippen MR) is 120 cm³/mol. The summed E-state index contributed by atoms with van der Waals surface area (Å²) in [6.45, 7) is 4.45. The van der Waals surface area contributed by atoms with E-state index in [9.17, 15) is 9.59 Å². The molecule has 0 aliphatic carbocycles. The first kappa shape index (κ1) is 21.1. The topological polar surface area (TPSA) is 105 Å². The second-order valence-corrected chi connectivity index (χ2v) is 8.34. The SMILES string of the molecule is CCCN(Cc1nc2cc(Cl)ccc2c(=O)[nH]1)C(=O)c1sc(-c2ncccn2)nc1C. The Kier molecular flexibility index (Phi) is 6.06. The molecule has 0 spiro atoms. The number of nitrogens with one attached hydrogen (secondary N) is 1. The zero-order chi connectivity index (χ0) is 22.0. The highest BCUT2D eigenvalue weighted by atomic mass is 35.5. The van der Waals surface area contributed by atoms with E-state index in [0.717, 1.165) is 6.42 Å². The first-order chi connectivity index (χ1) is 15.0. The lowest BCUT2D eigenvalue weighted by molar-refractivity contribution is 0.0743. The van der Waals surface area contributed by atoms with Gasteiger partial charge in [0.15, 0.2) is 10.8 Å². The molecule has 0 aliphatic rings. The Balaban J connectivity index is 1.65. The van der Waals surface area contributed by atoms with Gasteiger partial charge in [0.2, 0.25) is 0 Å². The van der Waals surface area contributed by atoms with E-state index in [1.165, 1.54) is 11.3 Å². The van der Waals surface area contributed by atoms with Crippen LogP contribution in [0.3, 0.4) is 0 Å². The number of H-pyrrole nitrogens is 1. The Labute approximate surface area is 187 Å². The maximum Gasteiger partial charge on any atom is 0.266 e. The first-order valence-electron chi connectivity index (χ1n) is 9.68. The molecule has 3 heterocycles. The quantitative estimate of drug-likeness (QED) is 0.474. The van der Waals surface area contributed by atoms with Crippen molar-refractivity contribution in [3.05, 3.63) is 68.4 Å². The van der Waals surface area contributed by atoms with Crippen LogP contribution in [-0.2, 0) is 6.54 Å². The van der Waals surface area contributed by atoms with Gasteiger partial charge in [-0.3, -0.25) is 9.59 Å². The average Bonchev–Trinajstić information content (AvgIpc) is 3.15. The van der Waals surface area contributed by atoms with E-state index in [2.05, 4.69) is 24.9 Å². The monoisotopic (exact) mass is 454 g/mol. The molecule has 4 rings (SSSR count). The fourth-order valence-corrected chi connectivity index (χ4v) is 4.33. The molecule has 3 aromatic heterocycles. The third kappa shape index (κ3) is 4.47. The van der Waals surface area contributed by atoms with E-state index >= 15 is 0 Å². The molecule has 1 amide bonds. The molecule has 0 radical (unpaired) electrons. The lowest BCUT2D eigenvalue weighted by Crippen LogP contribution is -2.32. The van der Waals surface area contributed by atoms with Gasteiger partial charge in [-0.2, -0.15) is 0 Å². The molecule has 0 bridgehead atoms. The molecule has 158 valence electrons. The largest absolute Gasteiger partial charge is 0.330 e. The maximum atomic E-state index is 13.3. The zero-order valence-electron chi connectivity index (χ0n) is 16.9. The number of halogens is 1. The summed E-state index contributed by atoms with van der Waals surface area (Å²) in [6.07, 6.45) is 4.03. The van der Waals surface area contributed by atoms with E-state index in [1.54, 1.807) is 48.5 Å². The molecule has 0 saturated carbocycles. The number of fused-ring (bicyclic) bond motifs is 1. The summed E-state index contributed by atoms with van der Waals surface area (Å²) in [5.74, 6) is 0.706. The lowest BCUT2D eigenvalue weighted by Gasteiger charge is -2.21. The number of aryl methyl sites for hydroxylation is 1. The van der Waals surface area contributed by atoms with Crippen LogP contribution in [0.2, 0.25) is 5.02 Å². The molecule has 0 saturated heterocycles. The normalized spacial score (nSPS) is 11.1. The number of aromatic nitrogens is 5. The minimum absolute atomic E-state index is 0.166. The smallest absolute Gasteiger partial charge is 0.266 e. The Morgan fingerprint density at radius 3 is 2.74 bits per heavy atom. The van der Waals surface area contributed by atoms with Gasteiger partial charge >= 0.3 is 0 Å². The van der Waals surface area contributed by atoms with Crippen LogP contribution in [0.5, 0.6) is 0 Å². The van der Waals surface area contributed by atoms with E-state index in [0.29, 0.717) is 49.7 Å². The summed E-state index contributed by atoms with van der Waals surface area (Å²) in [4.78, 5) is 48.1. The molecule has 0 atom stereocenters. The number of rotatable bonds is 6. The molecule has 31 heavy (non-hydrogen) atoms. The molecule has 0 unspecified atom stereocenters. The summed E-state index contributed by atoms with van der Waals surface area (Å²) in [7, 11) is 0. The highest BCUT2D eigenvalue weighted by molar-refractivity contribution is 7.17. The van der Waals surface area contributed by atoms with Gasteiger partial charge in [0.25, 0.3) is 11.5 Å². The predicted octanol–water partition coefficient (Wildman–Crippen LogP) is 3.85. The van der Waals surface area contributed by atoms with Gasteiger partial charge in [-0.25, -0.2) is 19.9 Å². The van der Waals surface area contributed by atoms with Crippen molar-refractivity contribution in [1.29, 1.82) is 0 Å². The Morgan fingerprint density at radius 1 is 1.23 bits per heavy atom. The van der Waals surface area contributed by atoms with Gasteiger partial charge in [-0.15, -0.1) is 11.3 Å². The van der Waals surface area contributed by atoms with Crippen molar-refractivity contribution in [2.45, 2.75) is 26.8 Å². The number of aromatic amines is 1. The maximum absolute atomic E-state index is 13.3. The van der Waals surface area contributed by atoms with Gasteiger partial charge in [-0.05, 0) is 37.6 Å². The van der Waals surface area contributed by atoms with Gasteiger partial charge in [-0.1, -0.05) is 18.5 Å². The third-order valence-electron chi connectivity index (χ3n) is 4.59. The minimum atomic E-state index is -0.266. The molecule has 4 aromatic rings. The van der Waals surface area contributed by atoms with E-state index in [-0.39, 0.29) is 18.0 Å². The Hall–Kier alpha value is -3.17. The van der Waals surface area contributed by atoms with Crippen LogP contribution in [0.25, 0.3) is 21.7 Å². The summed E-state index contributed by atoms with van der Waals surface area (Å²) in [5, 5.41) is 1.53. The first-order valence-corrected chi connectivity index (χ1v) is 10.9.